The first-order valence-electron chi connectivity index (χ1n) is 4.50. The predicted octanol–water partition coefficient (Wildman–Crippen LogP) is 2.45. The maximum absolute atomic E-state index is 10.6. The first-order valence-corrected chi connectivity index (χ1v) is 4.50. The highest BCUT2D eigenvalue weighted by atomic mass is 16.1. The van der Waals surface area contributed by atoms with Gasteiger partial charge in [0.15, 0.2) is 0 Å². The summed E-state index contributed by atoms with van der Waals surface area (Å²) < 4.78 is 0. The largest absolute Gasteiger partial charge is 0.298 e. The lowest BCUT2D eigenvalue weighted by atomic mass is 10.1. The molecule has 0 aliphatic heterocycles. The fraction of sp³-hybridized carbons (Fsp3) is 0.455. The Balaban J connectivity index is 4.85. The van der Waals surface area contributed by atoms with Gasteiger partial charge in [-0.1, -0.05) is 19.9 Å². The monoisotopic (exact) mass is 180 g/mol. The van der Waals surface area contributed by atoms with Crippen LogP contribution >= 0.6 is 0 Å². The van der Waals surface area contributed by atoms with E-state index in [4.69, 9.17) is 0 Å². The lowest BCUT2D eigenvalue weighted by molar-refractivity contribution is -0.105. The van der Waals surface area contributed by atoms with Gasteiger partial charge in [-0.05, 0) is 36.5 Å². The summed E-state index contributed by atoms with van der Waals surface area (Å²) in [4.78, 5) is 21.1. The van der Waals surface area contributed by atoms with Crippen LogP contribution in [0.3, 0.4) is 0 Å². The van der Waals surface area contributed by atoms with Crippen molar-refractivity contribution in [2.45, 2.75) is 33.6 Å². The summed E-state index contributed by atoms with van der Waals surface area (Å²) in [6, 6.07) is 0. The summed E-state index contributed by atoms with van der Waals surface area (Å²) >= 11 is 0. The molecule has 0 fully saturated rings. The van der Waals surface area contributed by atoms with Gasteiger partial charge >= 0.3 is 0 Å². The molecule has 0 aromatic carbocycles. The fourth-order valence-corrected chi connectivity index (χ4v) is 1.05. The molecule has 0 rings (SSSR count). The standard InChI is InChI=1S/C11H16O2/c1-4-10(7-12)6-9(3)11(5-2)8-13/h6-8H,4-5H2,1-3H3. The lowest BCUT2D eigenvalue weighted by Crippen LogP contribution is -1.89. The van der Waals surface area contributed by atoms with Crippen molar-refractivity contribution in [2.24, 2.45) is 0 Å². The second-order valence-electron chi connectivity index (χ2n) is 2.87. The first kappa shape index (κ1) is 11.8. The third-order valence-electron chi connectivity index (χ3n) is 1.99. The Morgan fingerprint density at radius 1 is 1.08 bits per heavy atom. The third-order valence-corrected chi connectivity index (χ3v) is 1.99. The molecular weight excluding hydrogens is 164 g/mol. The summed E-state index contributed by atoms with van der Waals surface area (Å²) in [5.74, 6) is 0. The van der Waals surface area contributed by atoms with E-state index in [0.717, 1.165) is 29.3 Å². The first-order chi connectivity index (χ1) is 6.19. The number of carbonyl (C=O) groups is 2. The van der Waals surface area contributed by atoms with Crippen LogP contribution in [0.4, 0.5) is 0 Å². The molecule has 0 radical (unpaired) electrons. The zero-order chi connectivity index (χ0) is 10.3. The van der Waals surface area contributed by atoms with Crippen molar-refractivity contribution in [1.82, 2.24) is 0 Å². The molecule has 0 heterocycles. The molecule has 0 saturated heterocycles. The molecule has 0 aliphatic rings. The van der Waals surface area contributed by atoms with Gasteiger partial charge in [-0.3, -0.25) is 9.59 Å². The number of rotatable bonds is 5. The molecule has 0 N–H and O–H groups in total. The molecular formula is C11H16O2. The summed E-state index contributed by atoms with van der Waals surface area (Å²) in [5, 5.41) is 0. The van der Waals surface area contributed by atoms with Gasteiger partial charge in [0.05, 0.1) is 0 Å². The second-order valence-corrected chi connectivity index (χ2v) is 2.87. The third kappa shape index (κ3) is 3.83. The van der Waals surface area contributed by atoms with Crippen molar-refractivity contribution in [2.75, 3.05) is 0 Å². The van der Waals surface area contributed by atoms with E-state index in [1.807, 2.05) is 20.8 Å². The van der Waals surface area contributed by atoms with E-state index in [1.165, 1.54) is 0 Å². The minimum Gasteiger partial charge on any atom is -0.298 e. The minimum absolute atomic E-state index is 0.705. The Morgan fingerprint density at radius 3 is 2.00 bits per heavy atom. The highest BCUT2D eigenvalue weighted by Crippen LogP contribution is 2.10. The van der Waals surface area contributed by atoms with Crippen LogP contribution in [0.25, 0.3) is 0 Å². The van der Waals surface area contributed by atoms with E-state index in [9.17, 15) is 9.59 Å². The van der Waals surface area contributed by atoms with Crippen molar-refractivity contribution >= 4 is 12.6 Å². The van der Waals surface area contributed by atoms with Crippen LogP contribution in [-0.2, 0) is 9.59 Å². The number of carbonyl (C=O) groups excluding carboxylic acids is 2. The van der Waals surface area contributed by atoms with Gasteiger partial charge in [-0.15, -0.1) is 0 Å². The second kappa shape index (κ2) is 6.35. The molecule has 2 nitrogen and oxygen atoms in total. The van der Waals surface area contributed by atoms with E-state index >= 15 is 0 Å². The summed E-state index contributed by atoms with van der Waals surface area (Å²) in [7, 11) is 0. The van der Waals surface area contributed by atoms with Crippen molar-refractivity contribution < 1.29 is 9.59 Å². The Bertz CT molecular complexity index is 247. The molecule has 0 atom stereocenters. The summed E-state index contributed by atoms with van der Waals surface area (Å²) in [6.07, 6.45) is 4.88. The molecule has 0 unspecified atom stereocenters. The Hall–Kier alpha value is -1.18. The molecule has 72 valence electrons. The van der Waals surface area contributed by atoms with Gasteiger partial charge < -0.3 is 0 Å². The molecule has 13 heavy (non-hydrogen) atoms. The molecule has 0 bridgehead atoms. The molecule has 2 heteroatoms. The van der Waals surface area contributed by atoms with E-state index < -0.39 is 0 Å². The Morgan fingerprint density at radius 2 is 1.69 bits per heavy atom. The molecule has 0 aliphatic carbocycles. The van der Waals surface area contributed by atoms with Crippen molar-refractivity contribution in [3.8, 4) is 0 Å². The van der Waals surface area contributed by atoms with Crippen LogP contribution in [0, 0.1) is 0 Å². The maximum Gasteiger partial charge on any atom is 0.146 e. The smallest absolute Gasteiger partial charge is 0.146 e. The van der Waals surface area contributed by atoms with Crippen LogP contribution in [0.2, 0.25) is 0 Å². The highest BCUT2D eigenvalue weighted by molar-refractivity contribution is 5.78. The van der Waals surface area contributed by atoms with Gasteiger partial charge in [0.1, 0.15) is 12.6 Å². The van der Waals surface area contributed by atoms with Crippen LogP contribution in [0.5, 0.6) is 0 Å². The Kier molecular flexibility index (Phi) is 5.77. The van der Waals surface area contributed by atoms with Gasteiger partial charge in [0.2, 0.25) is 0 Å². The number of hydrogen-bond donors (Lipinski definition) is 0. The number of allylic oxidation sites excluding steroid dienone is 4. The number of aldehydes is 2. The van der Waals surface area contributed by atoms with E-state index in [1.54, 1.807) is 6.08 Å². The average Bonchev–Trinajstić information content (AvgIpc) is 2.16. The topological polar surface area (TPSA) is 34.1 Å². The van der Waals surface area contributed by atoms with Crippen LogP contribution in [0.1, 0.15) is 33.6 Å². The highest BCUT2D eigenvalue weighted by Gasteiger charge is 1.97. The van der Waals surface area contributed by atoms with Gasteiger partial charge in [-0.2, -0.15) is 0 Å². The molecule has 0 amide bonds. The summed E-state index contributed by atoms with van der Waals surface area (Å²) in [5.41, 5.74) is 2.37. The molecule has 0 saturated carbocycles. The quantitative estimate of drug-likeness (QED) is 0.370. The molecule has 0 aromatic rings. The van der Waals surface area contributed by atoms with E-state index in [2.05, 4.69) is 0 Å². The number of hydrogen-bond acceptors (Lipinski definition) is 2. The van der Waals surface area contributed by atoms with Crippen molar-refractivity contribution in [3.05, 3.63) is 22.8 Å². The van der Waals surface area contributed by atoms with Crippen LogP contribution < -0.4 is 0 Å². The summed E-state index contributed by atoms with van der Waals surface area (Å²) in [6.45, 7) is 5.69. The molecule has 0 aromatic heterocycles. The SMILES string of the molecule is CCC(C=O)=CC(C)=C(C=O)CC. The fourth-order valence-electron chi connectivity index (χ4n) is 1.05. The van der Waals surface area contributed by atoms with Crippen molar-refractivity contribution in [3.63, 3.8) is 0 Å². The van der Waals surface area contributed by atoms with Crippen molar-refractivity contribution in [1.29, 1.82) is 0 Å². The van der Waals surface area contributed by atoms with Gasteiger partial charge in [0.25, 0.3) is 0 Å². The van der Waals surface area contributed by atoms with Gasteiger partial charge in [0, 0.05) is 0 Å². The zero-order valence-corrected chi connectivity index (χ0v) is 8.46. The zero-order valence-electron chi connectivity index (χ0n) is 8.46. The lowest BCUT2D eigenvalue weighted by Gasteiger charge is -1.99. The maximum atomic E-state index is 10.6. The van der Waals surface area contributed by atoms with E-state index in [0.29, 0.717) is 12.8 Å². The van der Waals surface area contributed by atoms with Gasteiger partial charge in [-0.25, -0.2) is 0 Å². The van der Waals surface area contributed by atoms with Crippen LogP contribution in [0.15, 0.2) is 22.8 Å². The van der Waals surface area contributed by atoms with Crippen LogP contribution in [-0.4, -0.2) is 12.6 Å². The molecule has 0 spiro atoms. The predicted molar refractivity (Wildman–Crippen MR) is 53.5 cm³/mol. The Labute approximate surface area is 79.3 Å². The van der Waals surface area contributed by atoms with E-state index in [-0.39, 0.29) is 0 Å². The normalized spacial score (nSPS) is 13.6. The average molecular weight is 180 g/mol. The minimum atomic E-state index is 0.705.